The summed E-state index contributed by atoms with van der Waals surface area (Å²) in [7, 11) is 0. The highest BCUT2D eigenvalue weighted by molar-refractivity contribution is 5.33. The first kappa shape index (κ1) is 19.4. The van der Waals surface area contributed by atoms with Gasteiger partial charge in [-0.15, -0.1) is 0 Å². The second-order valence-corrected chi connectivity index (χ2v) is 8.17. The molecule has 0 atom stereocenters. The number of hydrogen-bond acceptors (Lipinski definition) is 1. The smallest absolute Gasteiger partial charge is 0.201 e. The lowest BCUT2D eigenvalue weighted by atomic mass is 9.68. The molecule has 144 valence electrons. The summed E-state index contributed by atoms with van der Waals surface area (Å²) < 4.78 is 33.9. The molecule has 1 nitrogen and oxygen atoms in total. The molecule has 0 heterocycles. The maximum Gasteiger partial charge on any atom is 0.201 e. The highest BCUT2D eigenvalue weighted by atomic mass is 19.2. The second-order valence-electron chi connectivity index (χ2n) is 8.17. The van der Waals surface area contributed by atoms with Gasteiger partial charge in [0.15, 0.2) is 11.6 Å². The molecular formula is C23H32F2O. The Morgan fingerprint density at radius 3 is 2.12 bits per heavy atom. The topological polar surface area (TPSA) is 9.23 Å². The van der Waals surface area contributed by atoms with Crippen LogP contribution in [-0.4, -0.2) is 0 Å². The summed E-state index contributed by atoms with van der Waals surface area (Å²) in [6.45, 7) is 4.08. The molecule has 2 saturated carbocycles. The van der Waals surface area contributed by atoms with E-state index in [-0.39, 0.29) is 11.7 Å². The average Bonchev–Trinajstić information content (AvgIpc) is 2.69. The number of allylic oxidation sites excluding steroid dienone is 1. The summed E-state index contributed by atoms with van der Waals surface area (Å²) in [5, 5.41) is 0. The Morgan fingerprint density at radius 2 is 1.54 bits per heavy atom. The van der Waals surface area contributed by atoms with Gasteiger partial charge in [0.05, 0.1) is 6.26 Å². The molecule has 2 aliphatic carbocycles. The molecular weight excluding hydrogens is 330 g/mol. The molecule has 1 aromatic rings. The summed E-state index contributed by atoms with van der Waals surface area (Å²) in [5.41, 5.74) is 0.531. The van der Waals surface area contributed by atoms with Gasteiger partial charge >= 0.3 is 0 Å². The molecule has 3 rings (SSSR count). The largest absolute Gasteiger partial charge is 0.462 e. The van der Waals surface area contributed by atoms with Crippen molar-refractivity contribution < 1.29 is 13.5 Å². The summed E-state index contributed by atoms with van der Waals surface area (Å²) in [5.74, 6) is 1.10. The zero-order valence-corrected chi connectivity index (χ0v) is 16.1. The molecule has 0 N–H and O–H groups in total. The first-order valence-electron chi connectivity index (χ1n) is 10.4. The van der Waals surface area contributed by atoms with Gasteiger partial charge in [-0.1, -0.05) is 38.3 Å². The van der Waals surface area contributed by atoms with Crippen LogP contribution in [0.3, 0.4) is 0 Å². The van der Waals surface area contributed by atoms with Crippen LogP contribution in [0.1, 0.15) is 83.1 Å². The van der Waals surface area contributed by atoms with Gasteiger partial charge < -0.3 is 4.74 Å². The minimum atomic E-state index is -0.861. The number of ether oxygens (including phenoxy) is 1. The van der Waals surface area contributed by atoms with Crippen molar-refractivity contribution in [3.63, 3.8) is 0 Å². The van der Waals surface area contributed by atoms with Gasteiger partial charge in [0, 0.05) is 0 Å². The third-order valence-corrected chi connectivity index (χ3v) is 6.75. The van der Waals surface area contributed by atoms with E-state index in [1.807, 2.05) is 0 Å². The third kappa shape index (κ3) is 4.29. The Kier molecular flexibility index (Phi) is 6.72. The summed E-state index contributed by atoms with van der Waals surface area (Å²) >= 11 is 0. The molecule has 0 unspecified atom stereocenters. The number of rotatable bonds is 5. The normalized spacial score (nSPS) is 29.8. The van der Waals surface area contributed by atoms with Crippen LogP contribution in [0.25, 0.3) is 0 Å². The Morgan fingerprint density at radius 1 is 0.923 bits per heavy atom. The van der Waals surface area contributed by atoms with Crippen molar-refractivity contribution in [2.24, 2.45) is 17.8 Å². The fourth-order valence-corrected chi connectivity index (χ4v) is 5.06. The number of hydrogen-bond donors (Lipinski definition) is 0. The van der Waals surface area contributed by atoms with E-state index in [2.05, 4.69) is 6.92 Å². The molecule has 26 heavy (non-hydrogen) atoms. The predicted octanol–water partition coefficient (Wildman–Crippen LogP) is 7.37. The molecule has 0 amide bonds. The van der Waals surface area contributed by atoms with Crippen LogP contribution in [0.5, 0.6) is 5.75 Å². The minimum Gasteiger partial charge on any atom is -0.462 e. The molecule has 2 fully saturated rings. The Hall–Kier alpha value is -1.38. The molecule has 0 aromatic heterocycles. The average molecular weight is 363 g/mol. The molecule has 0 spiro atoms. The van der Waals surface area contributed by atoms with Crippen molar-refractivity contribution in [3.05, 3.63) is 41.7 Å². The highest BCUT2D eigenvalue weighted by Crippen LogP contribution is 2.45. The van der Waals surface area contributed by atoms with Crippen LogP contribution in [0, 0.1) is 29.4 Å². The lowest BCUT2D eigenvalue weighted by molar-refractivity contribution is 0.158. The van der Waals surface area contributed by atoms with Crippen LogP contribution in [-0.2, 0) is 0 Å². The van der Waals surface area contributed by atoms with Gasteiger partial charge in [-0.05, 0) is 80.8 Å². The quantitative estimate of drug-likeness (QED) is 0.497. The van der Waals surface area contributed by atoms with E-state index >= 15 is 0 Å². The SMILES string of the molecule is C/C=C\Oc1ccc(C2CCC(C3CCC(CC)CC3)CC2)c(F)c1F. The Balaban J connectivity index is 1.59. The van der Waals surface area contributed by atoms with Crippen LogP contribution >= 0.6 is 0 Å². The fourth-order valence-electron chi connectivity index (χ4n) is 5.06. The lowest BCUT2D eigenvalue weighted by Crippen LogP contribution is -2.25. The van der Waals surface area contributed by atoms with Crippen molar-refractivity contribution in [1.82, 2.24) is 0 Å². The third-order valence-electron chi connectivity index (χ3n) is 6.75. The van der Waals surface area contributed by atoms with Crippen LogP contribution in [0.15, 0.2) is 24.5 Å². The predicted molar refractivity (Wildman–Crippen MR) is 102 cm³/mol. The molecule has 0 bridgehead atoms. The van der Waals surface area contributed by atoms with E-state index in [4.69, 9.17) is 4.74 Å². The van der Waals surface area contributed by atoms with E-state index < -0.39 is 11.6 Å². The second kappa shape index (κ2) is 9.01. The van der Waals surface area contributed by atoms with E-state index in [1.165, 1.54) is 38.4 Å². The van der Waals surface area contributed by atoms with Crippen molar-refractivity contribution in [2.45, 2.75) is 77.6 Å². The monoisotopic (exact) mass is 362 g/mol. The molecule has 0 saturated heterocycles. The van der Waals surface area contributed by atoms with Crippen molar-refractivity contribution in [2.75, 3.05) is 0 Å². The highest BCUT2D eigenvalue weighted by Gasteiger charge is 2.32. The number of halogens is 2. The molecule has 0 radical (unpaired) electrons. The molecule has 2 aliphatic rings. The van der Waals surface area contributed by atoms with Crippen molar-refractivity contribution in [3.8, 4) is 5.75 Å². The maximum atomic E-state index is 14.5. The van der Waals surface area contributed by atoms with E-state index in [0.717, 1.165) is 43.4 Å². The zero-order valence-electron chi connectivity index (χ0n) is 16.1. The maximum absolute atomic E-state index is 14.5. The Bertz CT molecular complexity index is 609. The van der Waals surface area contributed by atoms with E-state index in [9.17, 15) is 8.78 Å². The van der Waals surface area contributed by atoms with Gasteiger partial charge in [0.2, 0.25) is 5.82 Å². The first-order chi connectivity index (χ1) is 12.6. The number of benzene rings is 1. The molecule has 3 heteroatoms. The standard InChI is InChI=1S/C23H32F2O/c1-3-15-26-21-14-13-20(22(24)23(21)25)19-11-9-18(10-12-19)17-7-5-16(4-2)6-8-17/h3,13-19H,4-12H2,1-2H3/b15-3-. The van der Waals surface area contributed by atoms with Crippen molar-refractivity contribution >= 4 is 0 Å². The summed E-state index contributed by atoms with van der Waals surface area (Å²) in [6.07, 6.45) is 14.1. The minimum absolute atomic E-state index is 0.0364. The Labute approximate surface area is 156 Å². The fraction of sp³-hybridized carbons (Fsp3) is 0.652. The van der Waals surface area contributed by atoms with Crippen molar-refractivity contribution in [1.29, 1.82) is 0 Å². The van der Waals surface area contributed by atoms with Crippen LogP contribution in [0.4, 0.5) is 8.78 Å². The van der Waals surface area contributed by atoms with E-state index in [1.54, 1.807) is 25.1 Å². The van der Waals surface area contributed by atoms with E-state index in [0.29, 0.717) is 5.56 Å². The first-order valence-corrected chi connectivity index (χ1v) is 10.4. The van der Waals surface area contributed by atoms with Gasteiger partial charge in [0.1, 0.15) is 0 Å². The summed E-state index contributed by atoms with van der Waals surface area (Å²) in [4.78, 5) is 0. The molecule has 0 aliphatic heterocycles. The van der Waals surface area contributed by atoms with Gasteiger partial charge in [-0.3, -0.25) is 0 Å². The molecule has 1 aromatic carbocycles. The van der Waals surface area contributed by atoms with Gasteiger partial charge in [-0.25, -0.2) is 4.39 Å². The van der Waals surface area contributed by atoms with Gasteiger partial charge in [0.25, 0.3) is 0 Å². The zero-order chi connectivity index (χ0) is 18.5. The lowest BCUT2D eigenvalue weighted by Gasteiger charge is -2.38. The van der Waals surface area contributed by atoms with Crippen LogP contribution in [0.2, 0.25) is 0 Å². The van der Waals surface area contributed by atoms with Gasteiger partial charge in [-0.2, -0.15) is 4.39 Å². The summed E-state index contributed by atoms with van der Waals surface area (Å²) in [6, 6.07) is 3.28. The van der Waals surface area contributed by atoms with Crippen LogP contribution < -0.4 is 4.74 Å².